The Bertz CT molecular complexity index is 417. The zero-order valence-electron chi connectivity index (χ0n) is 9.28. The van der Waals surface area contributed by atoms with Gasteiger partial charge in [-0.3, -0.25) is 9.59 Å². The van der Waals surface area contributed by atoms with Crippen LogP contribution in [-0.2, 0) is 9.59 Å². The Balaban J connectivity index is 2.81. The summed E-state index contributed by atoms with van der Waals surface area (Å²) in [5, 5.41) is 2.88. The van der Waals surface area contributed by atoms with Gasteiger partial charge in [0.15, 0.2) is 11.6 Å². The highest BCUT2D eigenvalue weighted by Gasteiger charge is 2.08. The van der Waals surface area contributed by atoms with Crippen molar-refractivity contribution in [1.82, 2.24) is 0 Å². The van der Waals surface area contributed by atoms with Gasteiger partial charge in [-0.2, -0.15) is 0 Å². The van der Waals surface area contributed by atoms with Gasteiger partial charge in [-0.25, -0.2) is 0 Å². The van der Waals surface area contributed by atoms with E-state index in [0.29, 0.717) is 5.69 Å². The molecule has 0 spiro atoms. The molecular weight excluding hydrogens is 204 g/mol. The first kappa shape index (κ1) is 12.0. The smallest absolute Gasteiger partial charge is 0.164 e. The lowest BCUT2D eigenvalue weighted by Gasteiger charge is -2.03. The molecule has 1 rings (SSSR count). The molecule has 3 N–H and O–H groups in total. The highest BCUT2D eigenvalue weighted by molar-refractivity contribution is 6.18. The Labute approximate surface area is 94.1 Å². The molecule has 0 heterocycles. The lowest BCUT2D eigenvalue weighted by atomic mass is 10.1. The molecule has 0 aliphatic rings. The van der Waals surface area contributed by atoms with Crippen LogP contribution in [0.5, 0.6) is 0 Å². The van der Waals surface area contributed by atoms with Crippen LogP contribution < -0.4 is 11.1 Å². The number of benzene rings is 1. The van der Waals surface area contributed by atoms with Crippen molar-refractivity contribution in [3.8, 4) is 0 Å². The molecule has 0 aromatic heterocycles. The quantitative estimate of drug-likeness (QED) is 0.349. The van der Waals surface area contributed by atoms with E-state index >= 15 is 0 Å². The molecule has 0 aliphatic carbocycles. The Hall–Kier alpha value is -2.10. The largest absolute Gasteiger partial charge is 0.399 e. The van der Waals surface area contributed by atoms with Gasteiger partial charge in [0, 0.05) is 17.6 Å². The number of nitrogens with two attached hydrogens (primary N) is 1. The fourth-order valence-electron chi connectivity index (χ4n) is 1.19. The third kappa shape index (κ3) is 3.24. The Morgan fingerprint density at radius 2 is 1.62 bits per heavy atom. The number of nitrogens with one attached hydrogen (secondary N) is 1. The van der Waals surface area contributed by atoms with Crippen LogP contribution in [0.4, 0.5) is 11.4 Å². The van der Waals surface area contributed by atoms with Crippen molar-refractivity contribution in [3.63, 3.8) is 0 Å². The minimum atomic E-state index is -0.254. The topological polar surface area (TPSA) is 72.2 Å². The number of carbonyl (C=O) groups is 2. The van der Waals surface area contributed by atoms with Crippen molar-refractivity contribution in [3.05, 3.63) is 36.0 Å². The van der Waals surface area contributed by atoms with Crippen molar-refractivity contribution in [2.45, 2.75) is 13.8 Å². The summed E-state index contributed by atoms with van der Waals surface area (Å²) >= 11 is 0. The van der Waals surface area contributed by atoms with Crippen LogP contribution in [0.3, 0.4) is 0 Å². The number of hydrogen-bond donors (Lipinski definition) is 2. The predicted octanol–water partition coefficient (Wildman–Crippen LogP) is 1.74. The summed E-state index contributed by atoms with van der Waals surface area (Å²) < 4.78 is 0. The summed E-state index contributed by atoms with van der Waals surface area (Å²) in [5.74, 6) is -0.508. The molecule has 4 nitrogen and oxygen atoms in total. The van der Waals surface area contributed by atoms with E-state index in [9.17, 15) is 9.59 Å². The average molecular weight is 218 g/mol. The number of carbonyl (C=O) groups excluding carboxylic acids is 2. The number of rotatable bonds is 4. The normalized spacial score (nSPS) is 9.38. The molecule has 0 aliphatic heterocycles. The highest BCUT2D eigenvalue weighted by Crippen LogP contribution is 2.11. The number of Topliss-reactive ketones (excluding diaryl/α,β-unsaturated/α-hetero) is 2. The molecule has 0 radical (unpaired) electrons. The predicted molar refractivity (Wildman–Crippen MR) is 63.9 cm³/mol. The first-order chi connectivity index (χ1) is 7.50. The molecule has 4 heteroatoms. The third-order valence-corrected chi connectivity index (χ3v) is 2.05. The van der Waals surface area contributed by atoms with Gasteiger partial charge in [-0.1, -0.05) is 0 Å². The van der Waals surface area contributed by atoms with E-state index in [2.05, 4.69) is 5.32 Å². The van der Waals surface area contributed by atoms with Crippen molar-refractivity contribution >= 4 is 22.9 Å². The Kier molecular flexibility index (Phi) is 3.83. The van der Waals surface area contributed by atoms with Gasteiger partial charge in [0.25, 0.3) is 0 Å². The molecule has 0 unspecified atom stereocenters. The van der Waals surface area contributed by atoms with Crippen molar-refractivity contribution < 1.29 is 9.59 Å². The van der Waals surface area contributed by atoms with E-state index in [-0.39, 0.29) is 17.1 Å². The standard InChI is InChI=1S/C12H14N2O2/c1-8(15)12(9(2)16)7-14-11-5-3-10(13)4-6-11/h3-7,14H,13H2,1-2H3. The first-order valence-electron chi connectivity index (χ1n) is 4.85. The molecule has 0 amide bonds. The second-order valence-corrected chi connectivity index (χ2v) is 3.44. The van der Waals surface area contributed by atoms with Gasteiger partial charge in [0.2, 0.25) is 0 Å². The highest BCUT2D eigenvalue weighted by atomic mass is 16.1. The van der Waals surface area contributed by atoms with E-state index < -0.39 is 0 Å². The SMILES string of the molecule is CC(=O)C(=CNc1ccc(N)cc1)C(C)=O. The summed E-state index contributed by atoms with van der Waals surface area (Å²) in [6.07, 6.45) is 1.41. The average Bonchev–Trinajstić information content (AvgIpc) is 2.20. The van der Waals surface area contributed by atoms with Gasteiger partial charge >= 0.3 is 0 Å². The van der Waals surface area contributed by atoms with E-state index in [1.54, 1.807) is 24.3 Å². The number of allylic oxidation sites excluding steroid dienone is 1. The van der Waals surface area contributed by atoms with Crippen molar-refractivity contribution in [2.75, 3.05) is 11.1 Å². The van der Waals surface area contributed by atoms with Crippen LogP contribution in [0, 0.1) is 0 Å². The Morgan fingerprint density at radius 3 is 2.06 bits per heavy atom. The van der Waals surface area contributed by atoms with Crippen LogP contribution in [0.2, 0.25) is 0 Å². The van der Waals surface area contributed by atoms with E-state index in [0.717, 1.165) is 5.69 Å². The van der Waals surface area contributed by atoms with Crippen LogP contribution in [0.15, 0.2) is 36.0 Å². The second-order valence-electron chi connectivity index (χ2n) is 3.44. The maximum Gasteiger partial charge on any atom is 0.164 e. The monoisotopic (exact) mass is 218 g/mol. The fraction of sp³-hybridized carbons (Fsp3) is 0.167. The van der Waals surface area contributed by atoms with Gasteiger partial charge in [0.1, 0.15) is 0 Å². The summed E-state index contributed by atoms with van der Waals surface area (Å²) in [6, 6.07) is 7.00. The van der Waals surface area contributed by atoms with Gasteiger partial charge in [-0.15, -0.1) is 0 Å². The molecule has 0 saturated heterocycles. The molecule has 84 valence electrons. The molecule has 0 atom stereocenters. The molecule has 0 bridgehead atoms. The zero-order chi connectivity index (χ0) is 12.1. The summed E-state index contributed by atoms with van der Waals surface area (Å²) in [5.41, 5.74) is 7.11. The number of ketones is 2. The van der Waals surface area contributed by atoms with E-state index in [1.807, 2.05) is 0 Å². The van der Waals surface area contributed by atoms with E-state index in [1.165, 1.54) is 20.0 Å². The minimum absolute atomic E-state index is 0.150. The lowest BCUT2D eigenvalue weighted by molar-refractivity contribution is -0.119. The molecule has 1 aromatic rings. The lowest BCUT2D eigenvalue weighted by Crippen LogP contribution is -2.08. The van der Waals surface area contributed by atoms with Crippen LogP contribution >= 0.6 is 0 Å². The van der Waals surface area contributed by atoms with Crippen LogP contribution in [-0.4, -0.2) is 11.6 Å². The van der Waals surface area contributed by atoms with Crippen LogP contribution in [0.25, 0.3) is 0 Å². The second kappa shape index (κ2) is 5.11. The van der Waals surface area contributed by atoms with Crippen molar-refractivity contribution in [1.29, 1.82) is 0 Å². The minimum Gasteiger partial charge on any atom is -0.399 e. The molecule has 16 heavy (non-hydrogen) atoms. The molecule has 0 saturated carbocycles. The zero-order valence-corrected chi connectivity index (χ0v) is 9.28. The van der Waals surface area contributed by atoms with Crippen molar-refractivity contribution in [2.24, 2.45) is 0 Å². The summed E-state index contributed by atoms with van der Waals surface area (Å²) in [6.45, 7) is 2.72. The van der Waals surface area contributed by atoms with Gasteiger partial charge in [-0.05, 0) is 38.1 Å². The molecule has 1 aromatic carbocycles. The van der Waals surface area contributed by atoms with Crippen LogP contribution in [0.1, 0.15) is 13.8 Å². The van der Waals surface area contributed by atoms with Gasteiger partial charge < -0.3 is 11.1 Å². The Morgan fingerprint density at radius 1 is 1.12 bits per heavy atom. The maximum absolute atomic E-state index is 11.1. The van der Waals surface area contributed by atoms with Gasteiger partial charge in [0.05, 0.1) is 5.57 Å². The fourth-order valence-corrected chi connectivity index (χ4v) is 1.19. The molecular formula is C12H14N2O2. The summed E-state index contributed by atoms with van der Waals surface area (Å²) in [7, 11) is 0. The number of nitrogen functional groups attached to an aromatic ring is 1. The summed E-state index contributed by atoms with van der Waals surface area (Å²) in [4.78, 5) is 22.2. The maximum atomic E-state index is 11.1. The number of hydrogen-bond acceptors (Lipinski definition) is 4. The number of anilines is 2. The third-order valence-electron chi connectivity index (χ3n) is 2.05. The first-order valence-corrected chi connectivity index (χ1v) is 4.85. The van der Waals surface area contributed by atoms with E-state index in [4.69, 9.17) is 5.73 Å². The molecule has 0 fully saturated rings.